The summed E-state index contributed by atoms with van der Waals surface area (Å²) in [6.45, 7) is 0. The van der Waals surface area contributed by atoms with Gasteiger partial charge in [0.25, 0.3) is 0 Å². The summed E-state index contributed by atoms with van der Waals surface area (Å²) in [6, 6.07) is 7.93. The first-order valence-electron chi connectivity index (χ1n) is 6.15. The Hall–Kier alpha value is -1.81. The quantitative estimate of drug-likeness (QED) is 0.879. The molecule has 18 heavy (non-hydrogen) atoms. The lowest BCUT2D eigenvalue weighted by Crippen LogP contribution is -2.27. The van der Waals surface area contributed by atoms with Gasteiger partial charge in [0.1, 0.15) is 11.5 Å². The average molecular weight is 244 g/mol. The first kappa shape index (κ1) is 11.3. The van der Waals surface area contributed by atoms with Crippen molar-refractivity contribution >= 4 is 0 Å². The number of aryl methyl sites for hydroxylation is 1. The Balaban J connectivity index is 2.02. The number of oxazole rings is 1. The zero-order chi connectivity index (χ0) is 12.5. The van der Waals surface area contributed by atoms with Crippen LogP contribution in [0.2, 0.25) is 0 Å². The van der Waals surface area contributed by atoms with Crippen LogP contribution in [0.25, 0.3) is 11.5 Å². The first-order valence-corrected chi connectivity index (χ1v) is 6.15. The minimum atomic E-state index is 0.191. The van der Waals surface area contributed by atoms with Gasteiger partial charge in [-0.2, -0.15) is 0 Å². The van der Waals surface area contributed by atoms with Crippen LogP contribution in [0, 0.1) is 0 Å². The normalized spacial score (nSPS) is 18.4. The number of para-hydroxylation sites is 1. The van der Waals surface area contributed by atoms with Gasteiger partial charge in [0, 0.05) is 12.5 Å². The van der Waals surface area contributed by atoms with Crippen molar-refractivity contribution in [2.45, 2.75) is 25.3 Å². The van der Waals surface area contributed by atoms with Crippen molar-refractivity contribution in [1.29, 1.82) is 0 Å². The van der Waals surface area contributed by atoms with Crippen LogP contribution < -0.4 is 10.5 Å². The maximum Gasteiger partial charge on any atom is 0.230 e. The smallest absolute Gasteiger partial charge is 0.230 e. The summed E-state index contributed by atoms with van der Waals surface area (Å²) < 4.78 is 11.2. The van der Waals surface area contributed by atoms with E-state index in [1.165, 1.54) is 0 Å². The number of rotatable bonds is 2. The number of fused-ring (bicyclic) bond motifs is 1. The third kappa shape index (κ3) is 1.88. The summed E-state index contributed by atoms with van der Waals surface area (Å²) in [4.78, 5) is 4.56. The van der Waals surface area contributed by atoms with Gasteiger partial charge >= 0.3 is 0 Å². The van der Waals surface area contributed by atoms with Gasteiger partial charge in [-0.25, -0.2) is 4.98 Å². The minimum absolute atomic E-state index is 0.191. The van der Waals surface area contributed by atoms with Crippen molar-refractivity contribution in [2.24, 2.45) is 5.73 Å². The number of methoxy groups -OCH3 is 1. The molecule has 1 aliphatic rings. The van der Waals surface area contributed by atoms with E-state index in [0.29, 0.717) is 5.89 Å². The van der Waals surface area contributed by atoms with Gasteiger partial charge in [-0.1, -0.05) is 12.1 Å². The third-order valence-electron chi connectivity index (χ3n) is 3.32. The van der Waals surface area contributed by atoms with E-state index in [2.05, 4.69) is 4.98 Å². The largest absolute Gasteiger partial charge is 0.496 e. The number of benzene rings is 1. The van der Waals surface area contributed by atoms with Gasteiger partial charge in [-0.15, -0.1) is 0 Å². The van der Waals surface area contributed by atoms with Gasteiger partial charge in [-0.3, -0.25) is 0 Å². The van der Waals surface area contributed by atoms with E-state index >= 15 is 0 Å². The lowest BCUT2D eigenvalue weighted by Gasteiger charge is -2.14. The molecule has 0 aliphatic heterocycles. The monoisotopic (exact) mass is 244 g/mol. The summed E-state index contributed by atoms with van der Waals surface area (Å²) in [6.07, 6.45) is 2.65. The molecule has 3 rings (SSSR count). The highest BCUT2D eigenvalue weighted by molar-refractivity contribution is 5.63. The van der Waals surface area contributed by atoms with Crippen molar-refractivity contribution in [3.05, 3.63) is 35.7 Å². The summed E-state index contributed by atoms with van der Waals surface area (Å²) in [7, 11) is 1.65. The number of nitrogens with two attached hydrogens (primary N) is 1. The fourth-order valence-electron chi connectivity index (χ4n) is 2.34. The van der Waals surface area contributed by atoms with Crippen LogP contribution in [0.3, 0.4) is 0 Å². The van der Waals surface area contributed by atoms with Gasteiger partial charge in [0.15, 0.2) is 0 Å². The lowest BCUT2D eigenvalue weighted by atomic mass is 9.98. The molecule has 4 nitrogen and oxygen atoms in total. The molecule has 1 aromatic carbocycles. The fourth-order valence-corrected chi connectivity index (χ4v) is 2.34. The first-order chi connectivity index (χ1) is 8.78. The van der Waals surface area contributed by atoms with Crippen LogP contribution in [-0.2, 0) is 12.8 Å². The molecule has 0 radical (unpaired) electrons. The molecule has 1 heterocycles. The molecule has 1 atom stereocenters. The van der Waals surface area contributed by atoms with Crippen molar-refractivity contribution < 1.29 is 9.15 Å². The highest BCUT2D eigenvalue weighted by Gasteiger charge is 2.23. The maximum absolute atomic E-state index is 5.94. The van der Waals surface area contributed by atoms with E-state index in [0.717, 1.165) is 42.0 Å². The summed E-state index contributed by atoms with van der Waals surface area (Å²) in [5, 5.41) is 0. The van der Waals surface area contributed by atoms with E-state index < -0.39 is 0 Å². The van der Waals surface area contributed by atoms with Crippen LogP contribution in [0.15, 0.2) is 28.7 Å². The van der Waals surface area contributed by atoms with Crippen LogP contribution in [0.1, 0.15) is 17.9 Å². The Morgan fingerprint density at radius 2 is 2.22 bits per heavy atom. The predicted octanol–water partition coefficient (Wildman–Crippen LogP) is 2.17. The van der Waals surface area contributed by atoms with Gasteiger partial charge in [0.2, 0.25) is 5.89 Å². The molecule has 0 bridgehead atoms. The molecule has 1 unspecified atom stereocenters. The second kappa shape index (κ2) is 4.46. The van der Waals surface area contributed by atoms with Crippen molar-refractivity contribution in [3.8, 4) is 17.2 Å². The second-order valence-electron chi connectivity index (χ2n) is 4.59. The van der Waals surface area contributed by atoms with Crippen LogP contribution in [-0.4, -0.2) is 18.1 Å². The number of aromatic nitrogens is 1. The molecule has 0 saturated carbocycles. The van der Waals surface area contributed by atoms with Crippen LogP contribution in [0.5, 0.6) is 5.75 Å². The van der Waals surface area contributed by atoms with Crippen molar-refractivity contribution in [3.63, 3.8) is 0 Å². The van der Waals surface area contributed by atoms with E-state index in [9.17, 15) is 0 Å². The Morgan fingerprint density at radius 1 is 1.39 bits per heavy atom. The van der Waals surface area contributed by atoms with Crippen LogP contribution >= 0.6 is 0 Å². The highest BCUT2D eigenvalue weighted by Crippen LogP contribution is 2.32. The zero-order valence-electron chi connectivity index (χ0n) is 10.3. The molecular weight excluding hydrogens is 228 g/mol. The summed E-state index contributed by atoms with van der Waals surface area (Å²) >= 11 is 0. The van der Waals surface area contributed by atoms with Crippen molar-refractivity contribution in [2.75, 3.05) is 7.11 Å². The maximum atomic E-state index is 5.94. The Labute approximate surface area is 106 Å². The topological polar surface area (TPSA) is 61.3 Å². The third-order valence-corrected chi connectivity index (χ3v) is 3.32. The summed E-state index contributed by atoms with van der Waals surface area (Å²) in [5.41, 5.74) is 7.87. The Morgan fingerprint density at radius 3 is 3.06 bits per heavy atom. The van der Waals surface area contributed by atoms with E-state index in [1.807, 2.05) is 24.3 Å². The molecule has 94 valence electrons. The SMILES string of the molecule is COc1ccccc1-c1nc2c(o1)CC(N)CC2. The van der Waals surface area contributed by atoms with E-state index in [1.54, 1.807) is 7.11 Å². The molecule has 1 aromatic heterocycles. The fraction of sp³-hybridized carbons (Fsp3) is 0.357. The van der Waals surface area contributed by atoms with Crippen molar-refractivity contribution in [1.82, 2.24) is 4.98 Å². The number of hydrogen-bond acceptors (Lipinski definition) is 4. The Bertz CT molecular complexity index is 563. The average Bonchev–Trinajstić information content (AvgIpc) is 2.81. The lowest BCUT2D eigenvalue weighted by molar-refractivity contribution is 0.412. The summed E-state index contributed by atoms with van der Waals surface area (Å²) in [5.74, 6) is 2.33. The zero-order valence-corrected chi connectivity index (χ0v) is 10.3. The molecule has 2 N–H and O–H groups in total. The van der Waals surface area contributed by atoms with Crippen LogP contribution in [0.4, 0.5) is 0 Å². The second-order valence-corrected chi connectivity index (χ2v) is 4.59. The molecule has 4 heteroatoms. The molecule has 0 saturated heterocycles. The minimum Gasteiger partial charge on any atom is -0.496 e. The highest BCUT2D eigenvalue weighted by atomic mass is 16.5. The van der Waals surface area contributed by atoms with Gasteiger partial charge in [-0.05, 0) is 25.0 Å². The number of ether oxygens (including phenoxy) is 1. The molecular formula is C14H16N2O2. The van der Waals surface area contributed by atoms with Gasteiger partial charge < -0.3 is 14.9 Å². The molecule has 1 aliphatic carbocycles. The molecule has 2 aromatic rings. The number of nitrogens with zero attached hydrogens (tertiary/aromatic N) is 1. The Kier molecular flexibility index (Phi) is 2.80. The predicted molar refractivity (Wildman–Crippen MR) is 68.5 cm³/mol. The number of hydrogen-bond donors (Lipinski definition) is 1. The van der Waals surface area contributed by atoms with E-state index in [4.69, 9.17) is 14.9 Å². The van der Waals surface area contributed by atoms with E-state index in [-0.39, 0.29) is 6.04 Å². The molecule has 0 amide bonds. The standard InChI is InChI=1S/C14H16N2O2/c1-17-12-5-3-2-4-10(12)14-16-11-7-6-9(15)8-13(11)18-14/h2-5,9H,6-8,15H2,1H3. The van der Waals surface area contributed by atoms with Gasteiger partial charge in [0.05, 0.1) is 18.4 Å². The molecule has 0 spiro atoms. The molecule has 0 fully saturated rings.